The Morgan fingerprint density at radius 2 is 1.96 bits per heavy atom. The topological polar surface area (TPSA) is 56.1 Å². The van der Waals surface area contributed by atoms with Crippen molar-refractivity contribution < 1.29 is 9.53 Å². The largest absolute Gasteiger partial charge is 0.495 e. The molecule has 1 N–H and O–H groups in total. The van der Waals surface area contributed by atoms with E-state index in [0.29, 0.717) is 22.2 Å². The van der Waals surface area contributed by atoms with Crippen LogP contribution in [0.5, 0.6) is 5.75 Å². The molecule has 1 amide bonds. The summed E-state index contributed by atoms with van der Waals surface area (Å²) in [6.45, 7) is 0. The lowest BCUT2D eigenvalue weighted by molar-refractivity contribution is 0.102. The van der Waals surface area contributed by atoms with E-state index in [9.17, 15) is 4.79 Å². The van der Waals surface area contributed by atoms with E-state index in [1.165, 1.54) is 7.11 Å². The molecule has 0 saturated carbocycles. The number of anilines is 1. The van der Waals surface area contributed by atoms with Crippen LogP contribution in [0.3, 0.4) is 0 Å². The highest BCUT2D eigenvalue weighted by atomic mass is 35.5. The molecule has 0 atom stereocenters. The van der Waals surface area contributed by atoms with Crippen molar-refractivity contribution in [1.82, 2.24) is 9.78 Å². The van der Waals surface area contributed by atoms with Crippen LogP contribution in [0, 0.1) is 0 Å². The Bertz CT molecular complexity index is 831. The maximum Gasteiger partial charge on any atom is 0.276 e. The fourth-order valence-corrected chi connectivity index (χ4v) is 2.37. The van der Waals surface area contributed by atoms with Crippen LogP contribution in [0.15, 0.2) is 60.8 Å². The average molecular weight is 328 g/mol. The van der Waals surface area contributed by atoms with E-state index in [0.717, 1.165) is 5.69 Å². The molecule has 0 bridgehead atoms. The number of carbonyl (C=O) groups excluding carboxylic acids is 1. The molecule has 0 aliphatic heterocycles. The van der Waals surface area contributed by atoms with Gasteiger partial charge in [0.2, 0.25) is 0 Å². The van der Waals surface area contributed by atoms with Crippen LogP contribution >= 0.6 is 11.6 Å². The number of amides is 1. The predicted octanol–water partition coefficient (Wildman–Crippen LogP) is 3.79. The number of hydrogen-bond donors (Lipinski definition) is 1. The highest BCUT2D eigenvalue weighted by molar-refractivity contribution is 6.32. The Morgan fingerprint density at radius 1 is 1.17 bits per heavy atom. The molecule has 0 spiro atoms. The van der Waals surface area contributed by atoms with Gasteiger partial charge in [-0.25, -0.2) is 4.68 Å². The van der Waals surface area contributed by atoms with Gasteiger partial charge in [0.1, 0.15) is 5.75 Å². The molecular weight excluding hydrogens is 314 g/mol. The van der Waals surface area contributed by atoms with E-state index in [2.05, 4.69) is 10.4 Å². The number of halogens is 1. The highest BCUT2D eigenvalue weighted by Crippen LogP contribution is 2.27. The van der Waals surface area contributed by atoms with Gasteiger partial charge < -0.3 is 10.1 Å². The van der Waals surface area contributed by atoms with Crippen LogP contribution in [0.1, 0.15) is 10.5 Å². The molecule has 3 aromatic rings. The van der Waals surface area contributed by atoms with E-state index in [1.807, 2.05) is 30.3 Å². The van der Waals surface area contributed by atoms with Crippen molar-refractivity contribution in [3.05, 3.63) is 71.5 Å². The number of nitrogens with zero attached hydrogens (tertiary/aromatic N) is 2. The van der Waals surface area contributed by atoms with Gasteiger partial charge in [0.05, 0.1) is 17.8 Å². The molecule has 2 aromatic carbocycles. The van der Waals surface area contributed by atoms with E-state index >= 15 is 0 Å². The number of carbonyl (C=O) groups is 1. The monoisotopic (exact) mass is 327 g/mol. The van der Waals surface area contributed by atoms with Gasteiger partial charge in [0.25, 0.3) is 5.91 Å². The summed E-state index contributed by atoms with van der Waals surface area (Å²) >= 11 is 6.05. The number of ether oxygens (including phenoxy) is 1. The summed E-state index contributed by atoms with van der Waals surface area (Å²) in [6, 6.07) is 16.3. The molecule has 0 aliphatic carbocycles. The Morgan fingerprint density at radius 3 is 2.65 bits per heavy atom. The minimum absolute atomic E-state index is 0.305. The number of nitrogens with one attached hydrogen (secondary N) is 1. The first kappa shape index (κ1) is 15.1. The second-order valence-corrected chi connectivity index (χ2v) is 5.19. The molecule has 0 aliphatic rings. The Labute approximate surface area is 138 Å². The number of para-hydroxylation sites is 1. The molecule has 23 heavy (non-hydrogen) atoms. The molecule has 0 saturated heterocycles. The maximum absolute atomic E-state index is 12.3. The van der Waals surface area contributed by atoms with E-state index in [-0.39, 0.29) is 5.91 Å². The summed E-state index contributed by atoms with van der Waals surface area (Å²) in [7, 11) is 1.54. The summed E-state index contributed by atoms with van der Waals surface area (Å²) in [5.74, 6) is 0.249. The molecule has 5 nitrogen and oxygen atoms in total. The average Bonchev–Trinajstić information content (AvgIpc) is 3.06. The smallest absolute Gasteiger partial charge is 0.276 e. The lowest BCUT2D eigenvalue weighted by Crippen LogP contribution is -2.13. The van der Waals surface area contributed by atoms with Crippen molar-refractivity contribution in [2.24, 2.45) is 0 Å². The zero-order valence-electron chi connectivity index (χ0n) is 12.4. The lowest BCUT2D eigenvalue weighted by atomic mass is 10.3. The second kappa shape index (κ2) is 6.54. The Kier molecular flexibility index (Phi) is 4.30. The van der Waals surface area contributed by atoms with Crippen molar-refractivity contribution in [1.29, 1.82) is 0 Å². The van der Waals surface area contributed by atoms with Gasteiger partial charge in [0, 0.05) is 11.9 Å². The van der Waals surface area contributed by atoms with Crippen molar-refractivity contribution in [2.75, 3.05) is 12.4 Å². The molecular formula is C17H14ClN3O2. The Balaban J connectivity index is 1.76. The first-order chi connectivity index (χ1) is 11.2. The zero-order valence-corrected chi connectivity index (χ0v) is 13.1. The summed E-state index contributed by atoms with van der Waals surface area (Å²) in [5.41, 5.74) is 1.79. The molecule has 0 radical (unpaired) electrons. The quantitative estimate of drug-likeness (QED) is 0.793. The maximum atomic E-state index is 12.3. The first-order valence-electron chi connectivity index (χ1n) is 6.93. The van der Waals surface area contributed by atoms with E-state index < -0.39 is 0 Å². The number of benzene rings is 2. The molecule has 1 heterocycles. The van der Waals surface area contributed by atoms with Gasteiger partial charge >= 0.3 is 0 Å². The fraction of sp³-hybridized carbons (Fsp3) is 0.0588. The minimum Gasteiger partial charge on any atom is -0.495 e. The lowest BCUT2D eigenvalue weighted by Gasteiger charge is -2.07. The van der Waals surface area contributed by atoms with Crippen molar-refractivity contribution in [3.63, 3.8) is 0 Å². The fourth-order valence-electron chi connectivity index (χ4n) is 2.11. The van der Waals surface area contributed by atoms with Gasteiger partial charge in [-0.05, 0) is 36.4 Å². The van der Waals surface area contributed by atoms with Crippen LogP contribution in [-0.2, 0) is 0 Å². The minimum atomic E-state index is -0.305. The van der Waals surface area contributed by atoms with Crippen molar-refractivity contribution in [2.45, 2.75) is 0 Å². The molecule has 116 valence electrons. The van der Waals surface area contributed by atoms with Crippen LogP contribution in [-0.4, -0.2) is 22.8 Å². The molecule has 1 aromatic heterocycles. The van der Waals surface area contributed by atoms with Crippen LogP contribution < -0.4 is 10.1 Å². The van der Waals surface area contributed by atoms with Crippen LogP contribution in [0.2, 0.25) is 5.02 Å². The molecule has 6 heteroatoms. The van der Waals surface area contributed by atoms with Gasteiger partial charge in [0.15, 0.2) is 5.69 Å². The number of aromatic nitrogens is 2. The first-order valence-corrected chi connectivity index (χ1v) is 7.31. The molecule has 0 fully saturated rings. The zero-order chi connectivity index (χ0) is 16.2. The Hall–Kier alpha value is -2.79. The second-order valence-electron chi connectivity index (χ2n) is 4.78. The number of methoxy groups -OCH3 is 1. The van der Waals surface area contributed by atoms with Gasteiger partial charge in [-0.1, -0.05) is 29.8 Å². The van der Waals surface area contributed by atoms with E-state index in [1.54, 1.807) is 35.1 Å². The third-order valence-corrected chi connectivity index (χ3v) is 3.55. The van der Waals surface area contributed by atoms with E-state index in [4.69, 9.17) is 16.3 Å². The van der Waals surface area contributed by atoms with Crippen molar-refractivity contribution in [3.8, 4) is 11.4 Å². The van der Waals surface area contributed by atoms with Crippen LogP contribution in [0.25, 0.3) is 5.69 Å². The van der Waals surface area contributed by atoms with Gasteiger partial charge in [-0.3, -0.25) is 4.79 Å². The third kappa shape index (κ3) is 3.35. The van der Waals surface area contributed by atoms with Crippen LogP contribution in [0.4, 0.5) is 5.69 Å². The third-order valence-electron chi connectivity index (χ3n) is 3.25. The summed E-state index contributed by atoms with van der Waals surface area (Å²) in [4.78, 5) is 12.3. The normalized spacial score (nSPS) is 10.3. The SMILES string of the molecule is COc1ccc(NC(=O)c2ccn(-c3ccccc3)n2)cc1Cl. The molecule has 3 rings (SSSR count). The van der Waals surface area contributed by atoms with Gasteiger partial charge in [-0.15, -0.1) is 0 Å². The predicted molar refractivity (Wildman–Crippen MR) is 89.5 cm³/mol. The van der Waals surface area contributed by atoms with Gasteiger partial charge in [-0.2, -0.15) is 5.10 Å². The summed E-state index contributed by atoms with van der Waals surface area (Å²) in [5, 5.41) is 7.47. The summed E-state index contributed by atoms with van der Waals surface area (Å²) < 4.78 is 6.73. The highest BCUT2D eigenvalue weighted by Gasteiger charge is 2.11. The standard InChI is InChI=1S/C17H14ClN3O2/c1-23-16-8-7-12(11-14(16)18)19-17(22)15-9-10-21(20-15)13-5-3-2-4-6-13/h2-11H,1H3,(H,19,22). The number of hydrogen-bond acceptors (Lipinski definition) is 3. The summed E-state index contributed by atoms with van der Waals surface area (Å²) in [6.07, 6.45) is 1.74. The number of rotatable bonds is 4. The van der Waals surface area contributed by atoms with Crippen molar-refractivity contribution >= 4 is 23.2 Å². The molecule has 0 unspecified atom stereocenters.